The number of rotatable bonds is 4. The Balaban J connectivity index is 1.61. The van der Waals surface area contributed by atoms with Crippen LogP contribution in [-0.2, 0) is 11.2 Å². The summed E-state index contributed by atoms with van der Waals surface area (Å²) in [5, 5.41) is 5.72. The number of amides is 3. The first-order valence-electron chi connectivity index (χ1n) is 8.13. The molecule has 0 unspecified atom stereocenters. The molecular weight excluding hydrogens is 302 g/mol. The number of carbonyl (C=O) groups excluding carboxylic acids is 2. The minimum Gasteiger partial charge on any atom is -0.338 e. The number of carbonyl (C=O) groups is 2. The monoisotopic (exact) mass is 323 g/mol. The molecule has 1 saturated heterocycles. The van der Waals surface area contributed by atoms with Gasteiger partial charge in [0.15, 0.2) is 0 Å². The highest BCUT2D eigenvalue weighted by atomic mass is 16.2. The van der Waals surface area contributed by atoms with E-state index in [0.717, 1.165) is 35.5 Å². The number of nitrogens with zero attached hydrogens (tertiary/aromatic N) is 1. The molecule has 2 N–H and O–H groups in total. The van der Waals surface area contributed by atoms with E-state index in [1.165, 1.54) is 0 Å². The SMILES string of the molecule is Cc1cccc(CC(=O)Nc2ccc(N3CCCNC3=O)cc2)c1. The van der Waals surface area contributed by atoms with E-state index < -0.39 is 0 Å². The van der Waals surface area contributed by atoms with Gasteiger partial charge in [-0.2, -0.15) is 0 Å². The van der Waals surface area contributed by atoms with Gasteiger partial charge in [-0.15, -0.1) is 0 Å². The largest absolute Gasteiger partial charge is 0.338 e. The fourth-order valence-electron chi connectivity index (χ4n) is 2.81. The van der Waals surface area contributed by atoms with Crippen molar-refractivity contribution in [2.24, 2.45) is 0 Å². The lowest BCUT2D eigenvalue weighted by atomic mass is 10.1. The van der Waals surface area contributed by atoms with E-state index >= 15 is 0 Å². The second-order valence-corrected chi connectivity index (χ2v) is 6.00. The van der Waals surface area contributed by atoms with Gasteiger partial charge < -0.3 is 10.6 Å². The minimum absolute atomic E-state index is 0.0518. The van der Waals surface area contributed by atoms with Crippen molar-refractivity contribution < 1.29 is 9.59 Å². The van der Waals surface area contributed by atoms with Crippen LogP contribution in [0, 0.1) is 6.92 Å². The first-order chi connectivity index (χ1) is 11.6. The summed E-state index contributed by atoms with van der Waals surface area (Å²) in [6, 6.07) is 15.2. The second-order valence-electron chi connectivity index (χ2n) is 6.00. The Morgan fingerprint density at radius 1 is 1.21 bits per heavy atom. The van der Waals surface area contributed by atoms with Crippen LogP contribution in [0.15, 0.2) is 48.5 Å². The van der Waals surface area contributed by atoms with Gasteiger partial charge in [-0.05, 0) is 43.2 Å². The molecule has 0 bridgehead atoms. The molecule has 5 heteroatoms. The summed E-state index contributed by atoms with van der Waals surface area (Å²) < 4.78 is 0. The van der Waals surface area contributed by atoms with Gasteiger partial charge in [0.25, 0.3) is 0 Å². The van der Waals surface area contributed by atoms with Crippen molar-refractivity contribution in [2.75, 3.05) is 23.3 Å². The van der Waals surface area contributed by atoms with Crippen molar-refractivity contribution in [3.05, 3.63) is 59.7 Å². The summed E-state index contributed by atoms with van der Waals surface area (Å²) in [5.41, 5.74) is 3.70. The molecule has 124 valence electrons. The molecule has 0 aliphatic carbocycles. The second kappa shape index (κ2) is 7.17. The Morgan fingerprint density at radius 2 is 2.00 bits per heavy atom. The van der Waals surface area contributed by atoms with E-state index in [9.17, 15) is 9.59 Å². The third kappa shape index (κ3) is 3.93. The Morgan fingerprint density at radius 3 is 2.71 bits per heavy atom. The number of urea groups is 1. The molecule has 0 saturated carbocycles. The standard InChI is InChI=1S/C19H21N3O2/c1-14-4-2-5-15(12-14)13-18(23)21-16-6-8-17(9-7-16)22-11-3-10-20-19(22)24/h2,4-9,12H,3,10-11,13H2,1H3,(H,20,24)(H,21,23). The molecule has 24 heavy (non-hydrogen) atoms. The molecule has 5 nitrogen and oxygen atoms in total. The summed E-state index contributed by atoms with van der Waals surface area (Å²) in [5.74, 6) is -0.0518. The quantitative estimate of drug-likeness (QED) is 0.908. The summed E-state index contributed by atoms with van der Waals surface area (Å²) in [7, 11) is 0. The minimum atomic E-state index is -0.0718. The van der Waals surface area contributed by atoms with Gasteiger partial charge in [-0.3, -0.25) is 9.69 Å². The summed E-state index contributed by atoms with van der Waals surface area (Å²) in [6.45, 7) is 3.45. The molecule has 1 aliphatic heterocycles. The maximum absolute atomic E-state index is 12.1. The smallest absolute Gasteiger partial charge is 0.321 e. The van der Waals surface area contributed by atoms with E-state index in [4.69, 9.17) is 0 Å². The highest BCUT2D eigenvalue weighted by molar-refractivity contribution is 5.94. The van der Waals surface area contributed by atoms with Crippen molar-refractivity contribution >= 4 is 23.3 Å². The van der Waals surface area contributed by atoms with Crippen molar-refractivity contribution in [3.8, 4) is 0 Å². The number of hydrogen-bond donors (Lipinski definition) is 2. The molecule has 3 amide bonds. The van der Waals surface area contributed by atoms with E-state index in [1.807, 2.05) is 55.5 Å². The van der Waals surface area contributed by atoms with Crippen LogP contribution in [0.25, 0.3) is 0 Å². The van der Waals surface area contributed by atoms with Crippen LogP contribution in [0.2, 0.25) is 0 Å². The summed E-state index contributed by atoms with van der Waals surface area (Å²) in [4.78, 5) is 25.7. The predicted octanol–water partition coefficient (Wildman–Crippen LogP) is 3.10. The number of anilines is 2. The van der Waals surface area contributed by atoms with Crippen LogP contribution in [0.3, 0.4) is 0 Å². The van der Waals surface area contributed by atoms with Crippen molar-refractivity contribution in [3.63, 3.8) is 0 Å². The number of aryl methyl sites for hydroxylation is 1. The maximum atomic E-state index is 12.1. The average Bonchev–Trinajstić information content (AvgIpc) is 2.56. The fourth-order valence-corrected chi connectivity index (χ4v) is 2.81. The number of benzene rings is 2. The normalized spacial score (nSPS) is 14.2. The topological polar surface area (TPSA) is 61.4 Å². The zero-order valence-electron chi connectivity index (χ0n) is 13.7. The van der Waals surface area contributed by atoms with Crippen LogP contribution in [0.4, 0.5) is 16.2 Å². The van der Waals surface area contributed by atoms with Crippen LogP contribution in [-0.4, -0.2) is 25.0 Å². The molecule has 2 aromatic rings. The third-order valence-corrected chi connectivity index (χ3v) is 3.99. The summed E-state index contributed by atoms with van der Waals surface area (Å²) >= 11 is 0. The maximum Gasteiger partial charge on any atom is 0.321 e. The molecule has 2 aromatic carbocycles. The van der Waals surface area contributed by atoms with Crippen molar-refractivity contribution in [1.82, 2.24) is 5.32 Å². The Labute approximate surface area is 141 Å². The van der Waals surface area contributed by atoms with E-state index in [1.54, 1.807) is 4.90 Å². The van der Waals surface area contributed by atoms with Crippen LogP contribution in [0.5, 0.6) is 0 Å². The molecule has 0 atom stereocenters. The van der Waals surface area contributed by atoms with Gasteiger partial charge in [0, 0.05) is 24.5 Å². The molecule has 3 rings (SSSR count). The molecule has 0 spiro atoms. The van der Waals surface area contributed by atoms with Gasteiger partial charge in [-0.25, -0.2) is 4.79 Å². The average molecular weight is 323 g/mol. The molecule has 0 aromatic heterocycles. The Hall–Kier alpha value is -2.82. The Bertz CT molecular complexity index is 741. The Kier molecular flexibility index (Phi) is 4.79. The first-order valence-corrected chi connectivity index (χ1v) is 8.13. The van der Waals surface area contributed by atoms with Crippen LogP contribution < -0.4 is 15.5 Å². The van der Waals surface area contributed by atoms with Gasteiger partial charge >= 0.3 is 6.03 Å². The molecule has 1 aliphatic rings. The van der Waals surface area contributed by atoms with Gasteiger partial charge in [-0.1, -0.05) is 29.8 Å². The number of hydrogen-bond acceptors (Lipinski definition) is 2. The first kappa shape index (κ1) is 16.1. The highest BCUT2D eigenvalue weighted by Gasteiger charge is 2.18. The van der Waals surface area contributed by atoms with E-state index in [-0.39, 0.29) is 11.9 Å². The van der Waals surface area contributed by atoms with Gasteiger partial charge in [0.1, 0.15) is 0 Å². The lowest BCUT2D eigenvalue weighted by Crippen LogP contribution is -2.46. The molecule has 1 heterocycles. The molecular formula is C19H21N3O2. The van der Waals surface area contributed by atoms with E-state index in [0.29, 0.717) is 13.0 Å². The number of nitrogens with one attached hydrogen (secondary N) is 2. The van der Waals surface area contributed by atoms with Crippen molar-refractivity contribution in [1.29, 1.82) is 0 Å². The third-order valence-electron chi connectivity index (χ3n) is 3.99. The molecule has 1 fully saturated rings. The fraction of sp³-hybridized carbons (Fsp3) is 0.263. The molecule has 0 radical (unpaired) electrons. The van der Waals surface area contributed by atoms with Gasteiger partial charge in [0.2, 0.25) is 5.91 Å². The zero-order chi connectivity index (χ0) is 16.9. The zero-order valence-corrected chi connectivity index (χ0v) is 13.7. The van der Waals surface area contributed by atoms with Crippen LogP contribution in [0.1, 0.15) is 17.5 Å². The lowest BCUT2D eigenvalue weighted by molar-refractivity contribution is -0.115. The predicted molar refractivity (Wildman–Crippen MR) is 95.3 cm³/mol. The highest BCUT2D eigenvalue weighted by Crippen LogP contribution is 2.20. The van der Waals surface area contributed by atoms with E-state index in [2.05, 4.69) is 10.6 Å². The summed E-state index contributed by atoms with van der Waals surface area (Å²) in [6.07, 6.45) is 1.28. The van der Waals surface area contributed by atoms with Crippen molar-refractivity contribution in [2.45, 2.75) is 19.8 Å². The lowest BCUT2D eigenvalue weighted by Gasteiger charge is -2.27. The van der Waals surface area contributed by atoms with Gasteiger partial charge in [0.05, 0.1) is 6.42 Å². The van der Waals surface area contributed by atoms with Crippen LogP contribution >= 0.6 is 0 Å².